The molecule has 1 aromatic carbocycles. The summed E-state index contributed by atoms with van der Waals surface area (Å²) in [4.78, 5) is 2.48. The van der Waals surface area contributed by atoms with Crippen LogP contribution in [-0.2, 0) is 6.54 Å². The van der Waals surface area contributed by atoms with Crippen molar-refractivity contribution in [3.05, 3.63) is 17.7 Å². The SMILES string of the molecule is CNCC1CCCN(Cc2c(OC)cc(OC)cc2OC)C1. The lowest BCUT2D eigenvalue weighted by atomic mass is 9.97. The van der Waals surface area contributed by atoms with Crippen LogP contribution in [0.15, 0.2) is 12.1 Å². The van der Waals surface area contributed by atoms with Crippen molar-refractivity contribution < 1.29 is 14.2 Å². The van der Waals surface area contributed by atoms with E-state index in [1.165, 1.54) is 12.8 Å². The maximum atomic E-state index is 5.55. The summed E-state index contributed by atoms with van der Waals surface area (Å²) in [6.45, 7) is 4.15. The van der Waals surface area contributed by atoms with Gasteiger partial charge in [0, 0.05) is 25.2 Å². The second kappa shape index (κ2) is 8.25. The van der Waals surface area contributed by atoms with Gasteiger partial charge in [0.05, 0.1) is 26.9 Å². The number of ether oxygens (including phenoxy) is 3. The minimum Gasteiger partial charge on any atom is -0.496 e. The van der Waals surface area contributed by atoms with Gasteiger partial charge in [-0.2, -0.15) is 0 Å². The van der Waals surface area contributed by atoms with E-state index in [0.717, 1.165) is 49.0 Å². The molecular weight excluding hydrogens is 280 g/mol. The fourth-order valence-electron chi connectivity index (χ4n) is 3.21. The summed E-state index contributed by atoms with van der Waals surface area (Å²) < 4.78 is 16.4. The quantitative estimate of drug-likeness (QED) is 0.836. The van der Waals surface area contributed by atoms with Crippen LogP contribution in [0.3, 0.4) is 0 Å². The van der Waals surface area contributed by atoms with E-state index in [-0.39, 0.29) is 0 Å². The molecule has 0 amide bonds. The van der Waals surface area contributed by atoms with Crippen LogP contribution < -0.4 is 19.5 Å². The molecule has 1 aromatic rings. The number of methoxy groups -OCH3 is 3. The lowest BCUT2D eigenvalue weighted by Crippen LogP contribution is -2.38. The zero-order valence-corrected chi connectivity index (χ0v) is 14.1. The van der Waals surface area contributed by atoms with Crippen molar-refractivity contribution in [1.29, 1.82) is 0 Å². The molecule has 5 heteroatoms. The van der Waals surface area contributed by atoms with E-state index in [9.17, 15) is 0 Å². The van der Waals surface area contributed by atoms with Gasteiger partial charge in [0.1, 0.15) is 17.2 Å². The molecule has 1 N–H and O–H groups in total. The summed E-state index contributed by atoms with van der Waals surface area (Å²) >= 11 is 0. The topological polar surface area (TPSA) is 43.0 Å². The van der Waals surface area contributed by atoms with Crippen molar-refractivity contribution in [2.45, 2.75) is 19.4 Å². The molecule has 0 spiro atoms. The Bertz CT molecular complexity index is 452. The van der Waals surface area contributed by atoms with Gasteiger partial charge in [-0.15, -0.1) is 0 Å². The second-order valence-electron chi connectivity index (χ2n) is 5.81. The first-order valence-electron chi connectivity index (χ1n) is 7.87. The Morgan fingerprint density at radius 2 is 1.82 bits per heavy atom. The molecule has 1 fully saturated rings. The third-order valence-corrected chi connectivity index (χ3v) is 4.29. The van der Waals surface area contributed by atoms with Crippen LogP contribution >= 0.6 is 0 Å². The number of hydrogen-bond acceptors (Lipinski definition) is 5. The molecular formula is C17H28N2O3. The highest BCUT2D eigenvalue weighted by atomic mass is 16.5. The van der Waals surface area contributed by atoms with Gasteiger partial charge in [0.2, 0.25) is 0 Å². The van der Waals surface area contributed by atoms with Gasteiger partial charge < -0.3 is 19.5 Å². The van der Waals surface area contributed by atoms with Crippen LogP contribution in [0.1, 0.15) is 18.4 Å². The second-order valence-corrected chi connectivity index (χ2v) is 5.81. The summed E-state index contributed by atoms with van der Waals surface area (Å²) in [6, 6.07) is 3.85. The summed E-state index contributed by atoms with van der Waals surface area (Å²) in [5, 5.41) is 3.29. The first-order valence-corrected chi connectivity index (χ1v) is 7.87. The van der Waals surface area contributed by atoms with Gasteiger partial charge >= 0.3 is 0 Å². The highest BCUT2D eigenvalue weighted by Crippen LogP contribution is 2.35. The number of rotatable bonds is 7. The zero-order chi connectivity index (χ0) is 15.9. The Morgan fingerprint density at radius 3 is 2.36 bits per heavy atom. The van der Waals surface area contributed by atoms with Crippen LogP contribution in [0, 0.1) is 5.92 Å². The zero-order valence-electron chi connectivity index (χ0n) is 14.1. The normalized spacial score (nSPS) is 19.0. The van der Waals surface area contributed by atoms with Crippen molar-refractivity contribution in [3.63, 3.8) is 0 Å². The Labute approximate surface area is 133 Å². The molecule has 2 rings (SSSR count). The molecule has 1 aliphatic heterocycles. The van der Waals surface area contributed by atoms with Gasteiger partial charge in [-0.25, -0.2) is 0 Å². The van der Waals surface area contributed by atoms with Crippen LogP contribution in [0.4, 0.5) is 0 Å². The van der Waals surface area contributed by atoms with Crippen molar-refractivity contribution in [3.8, 4) is 17.2 Å². The summed E-state index contributed by atoms with van der Waals surface area (Å²) in [7, 11) is 7.06. The molecule has 0 saturated carbocycles. The number of nitrogens with zero attached hydrogens (tertiary/aromatic N) is 1. The number of likely N-dealkylation sites (tertiary alicyclic amines) is 1. The minimum absolute atomic E-state index is 0.717. The van der Waals surface area contributed by atoms with Crippen LogP contribution in [0.25, 0.3) is 0 Å². The minimum atomic E-state index is 0.717. The first-order chi connectivity index (χ1) is 10.7. The van der Waals surface area contributed by atoms with Crippen molar-refractivity contribution in [2.24, 2.45) is 5.92 Å². The Balaban J connectivity index is 2.17. The average molecular weight is 308 g/mol. The predicted molar refractivity (Wildman–Crippen MR) is 88.0 cm³/mol. The molecule has 0 radical (unpaired) electrons. The van der Waals surface area contributed by atoms with Gasteiger partial charge in [-0.05, 0) is 38.9 Å². The number of piperidine rings is 1. The molecule has 1 atom stereocenters. The van der Waals surface area contributed by atoms with Gasteiger partial charge in [0.15, 0.2) is 0 Å². The largest absolute Gasteiger partial charge is 0.496 e. The summed E-state index contributed by atoms with van der Waals surface area (Å²) in [5.74, 6) is 3.12. The van der Waals surface area contributed by atoms with E-state index in [1.54, 1.807) is 21.3 Å². The lowest BCUT2D eigenvalue weighted by molar-refractivity contribution is 0.163. The summed E-state index contributed by atoms with van der Waals surface area (Å²) in [5.41, 5.74) is 1.09. The number of hydrogen-bond donors (Lipinski definition) is 1. The van der Waals surface area contributed by atoms with Crippen LogP contribution in [0.5, 0.6) is 17.2 Å². The van der Waals surface area contributed by atoms with Crippen LogP contribution in [0.2, 0.25) is 0 Å². The van der Waals surface area contributed by atoms with Crippen molar-refractivity contribution in [2.75, 3.05) is 48.0 Å². The first kappa shape index (κ1) is 16.9. The van der Waals surface area contributed by atoms with E-state index < -0.39 is 0 Å². The molecule has 1 aliphatic rings. The van der Waals surface area contributed by atoms with E-state index in [2.05, 4.69) is 10.2 Å². The fourth-order valence-corrected chi connectivity index (χ4v) is 3.21. The van der Waals surface area contributed by atoms with Crippen LogP contribution in [-0.4, -0.2) is 52.9 Å². The highest BCUT2D eigenvalue weighted by Gasteiger charge is 2.22. The van der Waals surface area contributed by atoms with Gasteiger partial charge in [0.25, 0.3) is 0 Å². The van der Waals surface area contributed by atoms with E-state index in [1.807, 2.05) is 19.2 Å². The molecule has 5 nitrogen and oxygen atoms in total. The van der Waals surface area contributed by atoms with Crippen molar-refractivity contribution >= 4 is 0 Å². The highest BCUT2D eigenvalue weighted by molar-refractivity contribution is 5.50. The molecule has 0 bridgehead atoms. The van der Waals surface area contributed by atoms with Crippen molar-refractivity contribution in [1.82, 2.24) is 10.2 Å². The summed E-state index contributed by atoms with van der Waals surface area (Å²) in [6.07, 6.45) is 2.54. The number of benzene rings is 1. The lowest BCUT2D eigenvalue weighted by Gasteiger charge is -2.33. The number of nitrogens with one attached hydrogen (secondary N) is 1. The molecule has 1 saturated heterocycles. The Morgan fingerprint density at radius 1 is 1.14 bits per heavy atom. The molecule has 0 aromatic heterocycles. The molecule has 1 heterocycles. The molecule has 1 unspecified atom stereocenters. The van der Waals surface area contributed by atoms with Gasteiger partial charge in [-0.3, -0.25) is 4.90 Å². The van der Waals surface area contributed by atoms with E-state index >= 15 is 0 Å². The maximum absolute atomic E-state index is 5.55. The van der Waals surface area contributed by atoms with E-state index in [4.69, 9.17) is 14.2 Å². The average Bonchev–Trinajstić information content (AvgIpc) is 2.55. The third-order valence-electron chi connectivity index (χ3n) is 4.29. The van der Waals surface area contributed by atoms with Gasteiger partial charge in [-0.1, -0.05) is 0 Å². The predicted octanol–water partition coefficient (Wildman–Crippen LogP) is 2.14. The molecule has 124 valence electrons. The smallest absolute Gasteiger partial charge is 0.130 e. The van der Waals surface area contributed by atoms with E-state index in [0.29, 0.717) is 5.92 Å². The molecule has 22 heavy (non-hydrogen) atoms. The Hall–Kier alpha value is -1.46. The molecule has 0 aliphatic carbocycles. The fraction of sp³-hybridized carbons (Fsp3) is 0.647. The monoisotopic (exact) mass is 308 g/mol. The third kappa shape index (κ3) is 4.05. The Kier molecular flexibility index (Phi) is 6.34. The standard InChI is InChI=1S/C17H28N2O3/c1-18-10-13-6-5-7-19(11-13)12-15-16(21-3)8-14(20-2)9-17(15)22-4/h8-9,13,18H,5-7,10-12H2,1-4H3. The maximum Gasteiger partial charge on any atom is 0.130 e.